The Balaban J connectivity index is 2.91. The van der Waals surface area contributed by atoms with Gasteiger partial charge in [-0.15, -0.1) is 0 Å². The maximum absolute atomic E-state index is 12.7. The van der Waals surface area contributed by atoms with E-state index in [2.05, 4.69) is 32.0 Å². The zero-order chi connectivity index (χ0) is 12.0. The van der Waals surface area contributed by atoms with Crippen molar-refractivity contribution in [3.8, 4) is 0 Å². The van der Waals surface area contributed by atoms with Crippen LogP contribution in [0.1, 0.15) is 56.2 Å². The summed E-state index contributed by atoms with van der Waals surface area (Å²) in [5.41, 5.74) is 3.87. The first-order valence-corrected chi connectivity index (χ1v) is 6.39. The van der Waals surface area contributed by atoms with Crippen LogP contribution in [0, 0.1) is 0 Å². The third-order valence-electron chi connectivity index (χ3n) is 3.10. The van der Waals surface area contributed by atoms with Gasteiger partial charge in [0.15, 0.2) is 0 Å². The van der Waals surface area contributed by atoms with Gasteiger partial charge in [0.05, 0.1) is 6.67 Å². The first-order valence-electron chi connectivity index (χ1n) is 6.39. The Kier molecular flexibility index (Phi) is 5.51. The number of hydrogen-bond donors (Lipinski definition) is 0. The van der Waals surface area contributed by atoms with Crippen LogP contribution in [0.4, 0.5) is 4.39 Å². The van der Waals surface area contributed by atoms with Crippen LogP contribution in [0.2, 0.25) is 0 Å². The second kappa shape index (κ2) is 6.67. The van der Waals surface area contributed by atoms with Crippen LogP contribution >= 0.6 is 0 Å². The highest BCUT2D eigenvalue weighted by Crippen LogP contribution is 2.21. The molecule has 0 aliphatic rings. The third-order valence-corrected chi connectivity index (χ3v) is 3.10. The van der Waals surface area contributed by atoms with Crippen molar-refractivity contribution < 1.29 is 4.39 Å². The minimum Gasteiger partial charge on any atom is -0.250 e. The van der Waals surface area contributed by atoms with Gasteiger partial charge in [0.25, 0.3) is 0 Å². The molecule has 1 rings (SSSR count). The second-order valence-electron chi connectivity index (χ2n) is 4.60. The maximum Gasteiger partial charge on any atom is 0.0960 e. The molecule has 0 radical (unpaired) electrons. The molecular formula is C15H23F. The summed E-state index contributed by atoms with van der Waals surface area (Å²) in [4.78, 5) is 0. The Hall–Kier alpha value is -0.850. The van der Waals surface area contributed by atoms with Crippen LogP contribution in [-0.4, -0.2) is 6.67 Å². The number of rotatable bonds is 6. The summed E-state index contributed by atoms with van der Waals surface area (Å²) < 4.78 is 12.7. The Morgan fingerprint density at radius 1 is 1.12 bits per heavy atom. The summed E-state index contributed by atoms with van der Waals surface area (Å²) in [7, 11) is 0. The van der Waals surface area contributed by atoms with Crippen molar-refractivity contribution in [2.75, 3.05) is 6.67 Å². The van der Waals surface area contributed by atoms with Crippen molar-refractivity contribution in [1.29, 1.82) is 0 Å². The first kappa shape index (κ1) is 13.2. The van der Waals surface area contributed by atoms with Crippen molar-refractivity contribution in [3.05, 3.63) is 34.9 Å². The van der Waals surface area contributed by atoms with E-state index in [1.165, 1.54) is 24.0 Å². The van der Waals surface area contributed by atoms with E-state index in [-0.39, 0.29) is 12.6 Å². The standard InChI is InChI=1S/C15H23F/c1-4-6-7-14-8-13(5-2)9-15(10-14)12(3)11-16/h8-10,12H,4-7,11H2,1-3H3. The van der Waals surface area contributed by atoms with Crippen molar-refractivity contribution in [1.82, 2.24) is 0 Å². The Morgan fingerprint density at radius 3 is 2.38 bits per heavy atom. The fourth-order valence-electron chi connectivity index (χ4n) is 1.89. The number of alkyl halides is 1. The smallest absolute Gasteiger partial charge is 0.0960 e. The molecule has 0 amide bonds. The monoisotopic (exact) mass is 222 g/mol. The summed E-state index contributed by atoms with van der Waals surface area (Å²) in [6.07, 6.45) is 4.59. The predicted molar refractivity (Wildman–Crippen MR) is 68.8 cm³/mol. The molecular weight excluding hydrogens is 199 g/mol. The van der Waals surface area contributed by atoms with E-state index in [4.69, 9.17) is 0 Å². The van der Waals surface area contributed by atoms with Crippen LogP contribution in [-0.2, 0) is 12.8 Å². The van der Waals surface area contributed by atoms with Gasteiger partial charge in [0.1, 0.15) is 0 Å². The van der Waals surface area contributed by atoms with Gasteiger partial charge in [0, 0.05) is 5.92 Å². The molecule has 1 atom stereocenters. The number of benzene rings is 1. The molecule has 1 unspecified atom stereocenters. The topological polar surface area (TPSA) is 0 Å². The highest BCUT2D eigenvalue weighted by molar-refractivity contribution is 5.32. The normalized spacial score (nSPS) is 12.8. The van der Waals surface area contributed by atoms with Crippen LogP contribution < -0.4 is 0 Å². The van der Waals surface area contributed by atoms with E-state index in [1.54, 1.807) is 0 Å². The summed E-state index contributed by atoms with van der Waals surface area (Å²) in [6.45, 7) is 6.05. The fourth-order valence-corrected chi connectivity index (χ4v) is 1.89. The maximum atomic E-state index is 12.7. The lowest BCUT2D eigenvalue weighted by Crippen LogP contribution is -1.99. The molecule has 1 heteroatoms. The van der Waals surface area contributed by atoms with E-state index < -0.39 is 0 Å². The van der Waals surface area contributed by atoms with Crippen LogP contribution in [0.25, 0.3) is 0 Å². The summed E-state index contributed by atoms with van der Waals surface area (Å²) in [5.74, 6) is 0.0341. The molecule has 0 aliphatic heterocycles. The van der Waals surface area contributed by atoms with Gasteiger partial charge in [0.2, 0.25) is 0 Å². The largest absolute Gasteiger partial charge is 0.250 e. The Labute approximate surface area is 98.9 Å². The highest BCUT2D eigenvalue weighted by atomic mass is 19.1. The molecule has 0 saturated carbocycles. The highest BCUT2D eigenvalue weighted by Gasteiger charge is 2.07. The molecule has 0 saturated heterocycles. The summed E-state index contributed by atoms with van der Waals surface area (Å²) in [6, 6.07) is 6.60. The number of aryl methyl sites for hydroxylation is 2. The lowest BCUT2D eigenvalue weighted by molar-refractivity contribution is 0.447. The number of unbranched alkanes of at least 4 members (excludes halogenated alkanes) is 1. The van der Waals surface area contributed by atoms with E-state index in [1.807, 2.05) is 6.92 Å². The summed E-state index contributed by atoms with van der Waals surface area (Å²) >= 11 is 0. The van der Waals surface area contributed by atoms with Crippen molar-refractivity contribution in [3.63, 3.8) is 0 Å². The number of hydrogen-bond acceptors (Lipinski definition) is 0. The predicted octanol–water partition coefficient (Wildman–Crippen LogP) is 4.66. The average Bonchev–Trinajstić information content (AvgIpc) is 2.34. The van der Waals surface area contributed by atoms with Crippen molar-refractivity contribution in [2.24, 2.45) is 0 Å². The molecule has 0 fully saturated rings. The van der Waals surface area contributed by atoms with Crippen molar-refractivity contribution in [2.45, 2.75) is 52.4 Å². The fraction of sp³-hybridized carbons (Fsp3) is 0.600. The molecule has 0 heterocycles. The van der Waals surface area contributed by atoms with Gasteiger partial charge in [-0.05, 0) is 36.0 Å². The van der Waals surface area contributed by atoms with E-state index in [9.17, 15) is 4.39 Å². The molecule has 0 aromatic heterocycles. The zero-order valence-corrected chi connectivity index (χ0v) is 10.7. The molecule has 0 spiro atoms. The minimum atomic E-state index is -0.264. The van der Waals surface area contributed by atoms with Crippen molar-refractivity contribution >= 4 is 0 Å². The second-order valence-corrected chi connectivity index (χ2v) is 4.60. The van der Waals surface area contributed by atoms with Crippen LogP contribution in [0.5, 0.6) is 0 Å². The molecule has 0 N–H and O–H groups in total. The lowest BCUT2D eigenvalue weighted by atomic mass is 9.94. The minimum absolute atomic E-state index is 0.0341. The van der Waals surface area contributed by atoms with Gasteiger partial charge >= 0.3 is 0 Å². The van der Waals surface area contributed by atoms with E-state index in [0.717, 1.165) is 18.4 Å². The van der Waals surface area contributed by atoms with Crippen LogP contribution in [0.15, 0.2) is 18.2 Å². The lowest BCUT2D eigenvalue weighted by Gasteiger charge is -2.12. The zero-order valence-electron chi connectivity index (χ0n) is 10.7. The molecule has 90 valence electrons. The van der Waals surface area contributed by atoms with Crippen LogP contribution in [0.3, 0.4) is 0 Å². The van der Waals surface area contributed by atoms with Gasteiger partial charge in [-0.3, -0.25) is 4.39 Å². The SMILES string of the molecule is CCCCc1cc(CC)cc(C(C)CF)c1. The van der Waals surface area contributed by atoms with E-state index in [0.29, 0.717) is 0 Å². The Morgan fingerprint density at radius 2 is 1.81 bits per heavy atom. The van der Waals surface area contributed by atoms with Gasteiger partial charge in [-0.25, -0.2) is 0 Å². The summed E-state index contributed by atoms with van der Waals surface area (Å²) in [5, 5.41) is 0. The van der Waals surface area contributed by atoms with Gasteiger partial charge in [-0.2, -0.15) is 0 Å². The molecule has 0 nitrogen and oxygen atoms in total. The molecule has 1 aromatic carbocycles. The first-order chi connectivity index (χ1) is 7.71. The molecule has 0 aliphatic carbocycles. The quantitative estimate of drug-likeness (QED) is 0.656. The Bertz CT molecular complexity index is 317. The molecule has 1 aromatic rings. The number of halogens is 1. The third kappa shape index (κ3) is 3.62. The molecule has 16 heavy (non-hydrogen) atoms. The average molecular weight is 222 g/mol. The van der Waals surface area contributed by atoms with Gasteiger partial charge < -0.3 is 0 Å². The van der Waals surface area contributed by atoms with E-state index >= 15 is 0 Å². The molecule has 0 bridgehead atoms. The van der Waals surface area contributed by atoms with Gasteiger partial charge in [-0.1, -0.05) is 45.4 Å².